The molecule has 0 amide bonds. The van der Waals surface area contributed by atoms with Gasteiger partial charge in [0.25, 0.3) is 0 Å². The Morgan fingerprint density at radius 3 is 2.16 bits per heavy atom. The largest absolute Gasteiger partial charge is 0.359 e. The normalized spacial score (nSPS) is 34.2. The van der Waals surface area contributed by atoms with Crippen LogP contribution in [-0.4, -0.2) is 0 Å². The topological polar surface area (TPSA) is 25.1 Å². The van der Waals surface area contributed by atoms with Crippen LogP contribution < -0.4 is 0 Å². The van der Waals surface area contributed by atoms with E-state index in [0.29, 0.717) is 0 Å². The molecule has 2 heterocycles. The van der Waals surface area contributed by atoms with E-state index >= 15 is 0 Å². The second-order valence-electron chi connectivity index (χ2n) is 6.03. The van der Waals surface area contributed by atoms with E-state index < -0.39 is 0 Å². The van der Waals surface area contributed by atoms with Crippen molar-refractivity contribution in [2.24, 2.45) is 0 Å². The van der Waals surface area contributed by atoms with Crippen LogP contribution in [0.4, 0.5) is 0 Å². The van der Waals surface area contributed by atoms with Gasteiger partial charge in [-0.2, -0.15) is 0 Å². The van der Waals surface area contributed by atoms with Crippen molar-refractivity contribution in [2.45, 2.75) is 31.3 Å². The van der Waals surface area contributed by atoms with Gasteiger partial charge in [-0.1, -0.05) is 30.3 Å². The zero-order valence-electron chi connectivity index (χ0n) is 10.5. The Balaban J connectivity index is 1.86. The monoisotopic (exact) mass is 248 g/mol. The molecular formula is C17H12O2. The minimum absolute atomic E-state index is 0.284. The molecule has 2 aromatic rings. The van der Waals surface area contributed by atoms with E-state index in [1.165, 1.54) is 38.9 Å². The molecule has 2 aliphatic carbocycles. The summed E-state index contributed by atoms with van der Waals surface area (Å²) in [5, 5.41) is 0. The summed E-state index contributed by atoms with van der Waals surface area (Å²) in [6.45, 7) is 2.20. The number of hydrogen-bond acceptors (Lipinski definition) is 2. The van der Waals surface area contributed by atoms with Crippen molar-refractivity contribution in [3.8, 4) is 11.1 Å². The van der Waals surface area contributed by atoms with Crippen LogP contribution >= 0.6 is 0 Å². The molecule has 4 aliphatic rings. The average molecular weight is 248 g/mol. The number of benzene rings is 2. The van der Waals surface area contributed by atoms with Crippen molar-refractivity contribution in [1.82, 2.24) is 0 Å². The maximum Gasteiger partial charge on any atom is 0.115 e. The maximum absolute atomic E-state index is 5.96. The van der Waals surface area contributed by atoms with Crippen molar-refractivity contribution in [2.75, 3.05) is 0 Å². The highest BCUT2D eigenvalue weighted by molar-refractivity contribution is 5.85. The first kappa shape index (κ1) is 9.29. The first-order chi connectivity index (χ1) is 9.34. The summed E-state index contributed by atoms with van der Waals surface area (Å²) in [7, 11) is 0. The van der Waals surface area contributed by atoms with Crippen molar-refractivity contribution in [3.63, 3.8) is 0 Å². The summed E-state index contributed by atoms with van der Waals surface area (Å²) < 4.78 is 11.9. The van der Waals surface area contributed by atoms with Crippen LogP contribution in [0.15, 0.2) is 30.3 Å². The van der Waals surface area contributed by atoms with Crippen LogP contribution in [0.3, 0.4) is 0 Å². The van der Waals surface area contributed by atoms with Gasteiger partial charge >= 0.3 is 0 Å². The Morgan fingerprint density at radius 2 is 1.37 bits per heavy atom. The van der Waals surface area contributed by atoms with Gasteiger partial charge in [-0.05, 0) is 45.9 Å². The Hall–Kier alpha value is -1.64. The molecule has 0 N–H and O–H groups in total. The molecule has 2 heteroatoms. The molecule has 92 valence electrons. The van der Waals surface area contributed by atoms with Gasteiger partial charge in [0.2, 0.25) is 0 Å². The highest BCUT2D eigenvalue weighted by Crippen LogP contribution is 2.68. The third-order valence-corrected chi connectivity index (χ3v) is 5.06. The lowest BCUT2D eigenvalue weighted by Crippen LogP contribution is -2.10. The van der Waals surface area contributed by atoms with Gasteiger partial charge in [-0.25, -0.2) is 0 Å². The van der Waals surface area contributed by atoms with E-state index in [-0.39, 0.29) is 24.4 Å². The Kier molecular flexibility index (Phi) is 1.28. The average Bonchev–Trinajstić information content (AvgIpc) is 3.31. The number of hydrogen-bond donors (Lipinski definition) is 0. The third-order valence-electron chi connectivity index (χ3n) is 5.06. The first-order valence-corrected chi connectivity index (χ1v) is 6.92. The van der Waals surface area contributed by atoms with Crippen LogP contribution in [0.2, 0.25) is 0 Å². The third kappa shape index (κ3) is 0.896. The summed E-state index contributed by atoms with van der Waals surface area (Å²) in [6.07, 6.45) is 1.14. The molecule has 0 saturated carbocycles. The highest BCUT2D eigenvalue weighted by Gasteiger charge is 2.56. The lowest BCUT2D eigenvalue weighted by Gasteiger charge is -2.26. The van der Waals surface area contributed by atoms with Crippen molar-refractivity contribution >= 4 is 0 Å². The van der Waals surface area contributed by atoms with E-state index in [9.17, 15) is 0 Å². The lowest BCUT2D eigenvalue weighted by atomic mass is 9.74. The molecule has 0 spiro atoms. The van der Waals surface area contributed by atoms with Crippen LogP contribution in [0.5, 0.6) is 0 Å². The van der Waals surface area contributed by atoms with E-state index in [4.69, 9.17) is 9.47 Å². The summed E-state index contributed by atoms with van der Waals surface area (Å²) in [4.78, 5) is 0. The van der Waals surface area contributed by atoms with Crippen LogP contribution in [0.1, 0.15) is 52.2 Å². The number of aryl methyl sites for hydroxylation is 1. The van der Waals surface area contributed by atoms with Crippen LogP contribution in [-0.2, 0) is 9.47 Å². The van der Waals surface area contributed by atoms with Crippen molar-refractivity contribution < 1.29 is 9.47 Å². The van der Waals surface area contributed by atoms with Crippen LogP contribution in [0, 0.1) is 6.92 Å². The SMILES string of the molecule is Cc1ccc2c3c1C1OC1c1cccc(c1-3)C1OC21. The van der Waals surface area contributed by atoms with Crippen molar-refractivity contribution in [1.29, 1.82) is 0 Å². The van der Waals surface area contributed by atoms with Gasteiger partial charge in [0.1, 0.15) is 24.4 Å². The fourth-order valence-electron chi connectivity index (χ4n) is 4.13. The fraction of sp³-hybridized carbons (Fsp3) is 0.294. The molecule has 2 aromatic carbocycles. The summed E-state index contributed by atoms with van der Waals surface area (Å²) in [6, 6.07) is 11.1. The van der Waals surface area contributed by atoms with Gasteiger partial charge < -0.3 is 9.47 Å². The standard InChI is InChI=1S/C17H12O2/c1-7-5-6-10-13-11(7)17-16(19-17)9-4-2-3-8(12(9)13)14-15(10)18-14/h2-6,14-17H,1H3. The molecule has 6 rings (SSSR count). The van der Waals surface area contributed by atoms with Crippen molar-refractivity contribution in [3.05, 3.63) is 58.1 Å². The lowest BCUT2D eigenvalue weighted by molar-refractivity contribution is 0.375. The molecule has 0 bridgehead atoms. The molecule has 2 saturated heterocycles. The van der Waals surface area contributed by atoms with Crippen LogP contribution in [0.25, 0.3) is 11.1 Å². The minimum Gasteiger partial charge on any atom is -0.359 e. The minimum atomic E-state index is 0.284. The fourth-order valence-corrected chi connectivity index (χ4v) is 4.13. The number of ether oxygens (including phenoxy) is 2. The summed E-state index contributed by atoms with van der Waals surface area (Å²) >= 11 is 0. The highest BCUT2D eigenvalue weighted by atomic mass is 16.6. The molecule has 19 heavy (non-hydrogen) atoms. The smallest absolute Gasteiger partial charge is 0.115 e. The predicted octanol–water partition coefficient (Wildman–Crippen LogP) is 3.91. The quantitative estimate of drug-likeness (QED) is 0.660. The Labute approximate surface area is 111 Å². The summed E-state index contributed by atoms with van der Waals surface area (Å²) in [5.74, 6) is 0. The number of epoxide rings is 2. The molecule has 2 aliphatic heterocycles. The van der Waals surface area contributed by atoms with Gasteiger partial charge in [0.15, 0.2) is 0 Å². The predicted molar refractivity (Wildman–Crippen MR) is 69.7 cm³/mol. The second kappa shape index (κ2) is 2.62. The van der Waals surface area contributed by atoms with E-state index in [1.807, 2.05) is 0 Å². The van der Waals surface area contributed by atoms with Gasteiger partial charge in [-0.15, -0.1) is 0 Å². The molecule has 0 radical (unpaired) electrons. The molecular weight excluding hydrogens is 236 g/mol. The van der Waals surface area contributed by atoms with Gasteiger partial charge in [0.05, 0.1) is 0 Å². The molecule has 0 aromatic heterocycles. The van der Waals surface area contributed by atoms with Gasteiger partial charge in [-0.3, -0.25) is 0 Å². The number of fused-ring (bicyclic) bond motifs is 6. The molecule has 4 unspecified atom stereocenters. The van der Waals surface area contributed by atoms with E-state index in [0.717, 1.165) is 0 Å². The number of rotatable bonds is 0. The summed E-state index contributed by atoms with van der Waals surface area (Å²) in [5.41, 5.74) is 9.71. The van der Waals surface area contributed by atoms with Gasteiger partial charge in [0, 0.05) is 0 Å². The molecule has 4 atom stereocenters. The zero-order chi connectivity index (χ0) is 12.3. The Bertz CT molecular complexity index is 763. The zero-order valence-corrected chi connectivity index (χ0v) is 10.5. The van der Waals surface area contributed by atoms with E-state index in [2.05, 4.69) is 37.3 Å². The first-order valence-electron chi connectivity index (χ1n) is 6.92. The Morgan fingerprint density at radius 1 is 0.737 bits per heavy atom. The maximum atomic E-state index is 5.96. The van der Waals surface area contributed by atoms with E-state index in [1.54, 1.807) is 0 Å². The molecule has 2 nitrogen and oxygen atoms in total. The molecule has 2 fully saturated rings. The second-order valence-corrected chi connectivity index (χ2v) is 6.03.